The lowest BCUT2D eigenvalue weighted by Crippen LogP contribution is -2.31. The van der Waals surface area contributed by atoms with Gasteiger partial charge >= 0.3 is 0 Å². The van der Waals surface area contributed by atoms with Crippen molar-refractivity contribution in [3.63, 3.8) is 0 Å². The highest BCUT2D eigenvalue weighted by Gasteiger charge is 2.37. The van der Waals surface area contributed by atoms with Crippen LogP contribution >= 0.6 is 27.7 Å². The number of rotatable bonds is 6. The molecule has 30 heavy (non-hydrogen) atoms. The Morgan fingerprint density at radius 1 is 1.07 bits per heavy atom. The van der Waals surface area contributed by atoms with Gasteiger partial charge in [-0.15, -0.1) is 5.10 Å². The van der Waals surface area contributed by atoms with Crippen molar-refractivity contribution < 1.29 is 4.79 Å². The Kier molecular flexibility index (Phi) is 6.65. The number of amides is 1. The zero-order chi connectivity index (χ0) is 20.9. The molecule has 1 heterocycles. The highest BCUT2D eigenvalue weighted by molar-refractivity contribution is 9.10. The van der Waals surface area contributed by atoms with Crippen molar-refractivity contribution in [3.8, 4) is 0 Å². The number of hydrogen-bond acceptors (Lipinski definition) is 4. The van der Waals surface area contributed by atoms with E-state index < -0.39 is 0 Å². The first-order valence-corrected chi connectivity index (χ1v) is 11.6. The molecule has 0 aromatic heterocycles. The first kappa shape index (κ1) is 20.8. The SMILES string of the molecule is CCCC1S/C(=N\N=C\c2ccc(Br)cc2)N(Cc2cccc3ccccc23)C1=O. The predicted octanol–water partition coefficient (Wildman–Crippen LogP) is 6.24. The van der Waals surface area contributed by atoms with Crippen LogP contribution in [0.3, 0.4) is 0 Å². The van der Waals surface area contributed by atoms with Crippen LogP contribution in [0, 0.1) is 0 Å². The van der Waals surface area contributed by atoms with Crippen molar-refractivity contribution in [2.45, 2.75) is 31.6 Å². The predicted molar refractivity (Wildman–Crippen MR) is 130 cm³/mol. The van der Waals surface area contributed by atoms with E-state index in [0.29, 0.717) is 11.7 Å². The van der Waals surface area contributed by atoms with Gasteiger partial charge in [-0.2, -0.15) is 5.10 Å². The summed E-state index contributed by atoms with van der Waals surface area (Å²) in [7, 11) is 0. The first-order chi connectivity index (χ1) is 14.7. The fourth-order valence-corrected chi connectivity index (χ4v) is 4.95. The molecular weight excluding hydrogens is 458 g/mol. The smallest absolute Gasteiger partial charge is 0.242 e. The molecule has 0 spiro atoms. The van der Waals surface area contributed by atoms with Gasteiger partial charge < -0.3 is 0 Å². The summed E-state index contributed by atoms with van der Waals surface area (Å²) in [6.07, 6.45) is 3.51. The van der Waals surface area contributed by atoms with Gasteiger partial charge in [0.15, 0.2) is 5.17 Å². The van der Waals surface area contributed by atoms with Gasteiger partial charge in [0.05, 0.1) is 18.0 Å². The molecule has 1 saturated heterocycles. The van der Waals surface area contributed by atoms with E-state index in [0.717, 1.165) is 33.8 Å². The highest BCUT2D eigenvalue weighted by Crippen LogP contribution is 2.32. The summed E-state index contributed by atoms with van der Waals surface area (Å²) in [4.78, 5) is 14.9. The van der Waals surface area contributed by atoms with Crippen LogP contribution in [-0.4, -0.2) is 27.4 Å². The van der Waals surface area contributed by atoms with Gasteiger partial charge in [-0.1, -0.05) is 95.6 Å². The van der Waals surface area contributed by atoms with Gasteiger partial charge in [0.25, 0.3) is 0 Å². The van der Waals surface area contributed by atoms with Crippen molar-refractivity contribution in [1.82, 2.24) is 4.90 Å². The second kappa shape index (κ2) is 9.58. The zero-order valence-electron chi connectivity index (χ0n) is 16.7. The summed E-state index contributed by atoms with van der Waals surface area (Å²) in [5.41, 5.74) is 2.08. The number of amidine groups is 1. The fourth-order valence-electron chi connectivity index (χ4n) is 3.47. The van der Waals surface area contributed by atoms with Crippen molar-refractivity contribution in [1.29, 1.82) is 0 Å². The van der Waals surface area contributed by atoms with Crippen LogP contribution in [0.15, 0.2) is 81.4 Å². The maximum absolute atomic E-state index is 13.1. The molecule has 152 valence electrons. The molecule has 3 aromatic rings. The van der Waals surface area contributed by atoms with Crippen molar-refractivity contribution in [2.24, 2.45) is 10.2 Å². The van der Waals surface area contributed by atoms with E-state index in [-0.39, 0.29) is 11.2 Å². The lowest BCUT2D eigenvalue weighted by molar-refractivity contribution is -0.126. The molecule has 0 N–H and O–H groups in total. The number of fused-ring (bicyclic) bond motifs is 1. The Morgan fingerprint density at radius 2 is 1.83 bits per heavy atom. The van der Waals surface area contributed by atoms with Gasteiger partial charge in [-0.05, 0) is 40.5 Å². The Bertz CT molecular complexity index is 1110. The van der Waals surface area contributed by atoms with Gasteiger partial charge in [-0.3, -0.25) is 9.69 Å². The molecule has 0 bridgehead atoms. The molecule has 1 atom stereocenters. The van der Waals surface area contributed by atoms with E-state index in [1.807, 2.05) is 42.5 Å². The molecule has 1 fully saturated rings. The summed E-state index contributed by atoms with van der Waals surface area (Å²) < 4.78 is 1.02. The van der Waals surface area contributed by atoms with Crippen molar-refractivity contribution in [2.75, 3.05) is 0 Å². The first-order valence-electron chi connectivity index (χ1n) is 9.97. The Hall–Kier alpha value is -2.44. The molecule has 1 aliphatic rings. The minimum atomic E-state index is -0.0911. The highest BCUT2D eigenvalue weighted by atomic mass is 79.9. The molecule has 6 heteroatoms. The number of benzene rings is 3. The minimum absolute atomic E-state index is 0.0911. The molecular formula is C24H22BrN3OS. The maximum atomic E-state index is 13.1. The molecule has 1 amide bonds. The van der Waals surface area contributed by atoms with E-state index in [1.165, 1.54) is 17.1 Å². The van der Waals surface area contributed by atoms with E-state index >= 15 is 0 Å². The Labute approximate surface area is 189 Å². The van der Waals surface area contributed by atoms with E-state index in [4.69, 9.17) is 0 Å². The number of thioether (sulfide) groups is 1. The largest absolute Gasteiger partial charge is 0.284 e. The summed E-state index contributed by atoms with van der Waals surface area (Å²) in [5.74, 6) is 0.118. The van der Waals surface area contributed by atoms with Crippen molar-refractivity contribution >= 4 is 55.8 Å². The molecule has 0 aliphatic carbocycles. The lowest BCUT2D eigenvalue weighted by Gasteiger charge is -2.17. The van der Waals surface area contributed by atoms with Crippen LogP contribution in [0.25, 0.3) is 10.8 Å². The molecule has 1 aliphatic heterocycles. The van der Waals surface area contributed by atoms with Crippen LogP contribution in [0.2, 0.25) is 0 Å². The molecule has 4 rings (SSSR count). The van der Waals surface area contributed by atoms with Crippen LogP contribution in [-0.2, 0) is 11.3 Å². The topological polar surface area (TPSA) is 45.0 Å². The third-order valence-electron chi connectivity index (χ3n) is 5.00. The number of halogens is 1. The number of carbonyl (C=O) groups excluding carboxylic acids is 1. The fraction of sp³-hybridized carbons (Fsp3) is 0.208. The number of nitrogens with zero attached hydrogens (tertiary/aromatic N) is 3. The average Bonchev–Trinajstić information content (AvgIpc) is 3.05. The van der Waals surface area contributed by atoms with Crippen molar-refractivity contribution in [3.05, 3.63) is 82.3 Å². The van der Waals surface area contributed by atoms with Gasteiger partial charge in [0.1, 0.15) is 0 Å². The molecule has 0 saturated carbocycles. The minimum Gasteiger partial charge on any atom is -0.284 e. The normalized spacial score (nSPS) is 18.2. The van der Waals surface area contributed by atoms with Crippen LogP contribution in [0.4, 0.5) is 0 Å². The van der Waals surface area contributed by atoms with Gasteiger partial charge in [0, 0.05) is 4.47 Å². The number of carbonyl (C=O) groups is 1. The molecule has 1 unspecified atom stereocenters. The van der Waals surface area contributed by atoms with Crippen LogP contribution in [0.5, 0.6) is 0 Å². The molecule has 3 aromatic carbocycles. The lowest BCUT2D eigenvalue weighted by atomic mass is 10.0. The summed E-state index contributed by atoms with van der Waals surface area (Å²) in [6, 6.07) is 22.3. The van der Waals surface area contributed by atoms with E-state index in [2.05, 4.69) is 57.3 Å². The number of hydrogen-bond donors (Lipinski definition) is 0. The summed E-state index contributed by atoms with van der Waals surface area (Å²) in [6.45, 7) is 2.60. The Balaban J connectivity index is 1.62. The second-order valence-corrected chi connectivity index (χ2v) is 9.22. The third-order valence-corrected chi connectivity index (χ3v) is 6.76. The van der Waals surface area contributed by atoms with Gasteiger partial charge in [-0.25, -0.2) is 0 Å². The summed E-state index contributed by atoms with van der Waals surface area (Å²) >= 11 is 4.95. The van der Waals surface area contributed by atoms with Gasteiger partial charge in [0.2, 0.25) is 5.91 Å². The van der Waals surface area contributed by atoms with E-state index in [9.17, 15) is 4.79 Å². The monoisotopic (exact) mass is 479 g/mol. The Morgan fingerprint density at radius 3 is 2.63 bits per heavy atom. The van der Waals surface area contributed by atoms with E-state index in [1.54, 1.807) is 11.1 Å². The quantitative estimate of drug-likeness (QED) is 0.310. The zero-order valence-corrected chi connectivity index (χ0v) is 19.1. The van der Waals surface area contributed by atoms with Crippen LogP contribution < -0.4 is 0 Å². The standard InChI is InChI=1S/C24H22BrN3OS/c1-2-6-22-23(29)28(16-19-9-5-8-18-7-3-4-10-21(18)19)24(30-22)27-26-15-17-11-13-20(25)14-12-17/h3-5,7-15,22H,2,6,16H2,1H3/b26-15+,27-24-. The average molecular weight is 480 g/mol. The third kappa shape index (κ3) is 4.65. The molecule has 4 nitrogen and oxygen atoms in total. The molecule has 0 radical (unpaired) electrons. The van der Waals surface area contributed by atoms with Crippen LogP contribution in [0.1, 0.15) is 30.9 Å². The maximum Gasteiger partial charge on any atom is 0.242 e. The summed E-state index contributed by atoms with van der Waals surface area (Å²) in [5, 5.41) is 11.6. The second-order valence-electron chi connectivity index (χ2n) is 7.14.